The number of nitrogens with zero attached hydrogens (tertiary/aromatic N) is 1. The Morgan fingerprint density at radius 3 is 2.70 bits per heavy atom. The van der Waals surface area contributed by atoms with Gasteiger partial charge in [-0.3, -0.25) is 10.1 Å². The first-order valence-corrected chi connectivity index (χ1v) is 6.87. The predicted octanol–water partition coefficient (Wildman–Crippen LogP) is 2.51. The average Bonchev–Trinajstić information content (AvgIpc) is 2.44. The summed E-state index contributed by atoms with van der Waals surface area (Å²) in [6, 6.07) is 4.93. The molecule has 0 bridgehead atoms. The largest absolute Gasteiger partial charge is 0.484 e. The number of ether oxygens (including phenoxy) is 2. The summed E-state index contributed by atoms with van der Waals surface area (Å²) in [5, 5.41) is 14.1. The van der Waals surface area contributed by atoms with Crippen LogP contribution in [0.4, 0.5) is 5.69 Å². The van der Waals surface area contributed by atoms with Crippen molar-refractivity contribution in [2.24, 2.45) is 0 Å². The fourth-order valence-corrected chi connectivity index (χ4v) is 1.66. The lowest BCUT2D eigenvalue weighted by Crippen LogP contribution is -2.12. The van der Waals surface area contributed by atoms with Crippen molar-refractivity contribution in [3.05, 3.63) is 33.9 Å². The fraction of sp³-hybridized carbons (Fsp3) is 0.571. The van der Waals surface area contributed by atoms with E-state index in [0.29, 0.717) is 32.1 Å². The smallest absolute Gasteiger partial charge is 0.310 e. The topological polar surface area (TPSA) is 73.6 Å². The molecule has 6 nitrogen and oxygen atoms in total. The Labute approximate surface area is 119 Å². The van der Waals surface area contributed by atoms with Crippen molar-refractivity contribution >= 4 is 5.69 Å². The van der Waals surface area contributed by atoms with Crippen LogP contribution in [0.5, 0.6) is 5.75 Å². The van der Waals surface area contributed by atoms with Crippen molar-refractivity contribution in [3.63, 3.8) is 0 Å². The molecule has 0 aliphatic heterocycles. The highest BCUT2D eigenvalue weighted by Crippen LogP contribution is 2.27. The minimum absolute atomic E-state index is 0.0132. The van der Waals surface area contributed by atoms with Crippen LogP contribution < -0.4 is 10.1 Å². The summed E-state index contributed by atoms with van der Waals surface area (Å²) < 4.78 is 10.8. The normalized spacial score (nSPS) is 10.5. The molecular formula is C14H22N2O4. The number of nitrogens with one attached hydrogen (secondary N) is 1. The van der Waals surface area contributed by atoms with E-state index in [2.05, 4.69) is 5.32 Å². The first kappa shape index (κ1) is 16.4. The summed E-state index contributed by atoms with van der Waals surface area (Å²) in [5.41, 5.74) is 0.947. The molecule has 0 amide bonds. The molecule has 0 unspecified atom stereocenters. The first-order chi connectivity index (χ1) is 9.69. The maximum atomic E-state index is 11.0. The summed E-state index contributed by atoms with van der Waals surface area (Å²) >= 11 is 0. The quantitative estimate of drug-likeness (QED) is 0.405. The molecule has 20 heavy (non-hydrogen) atoms. The fourth-order valence-electron chi connectivity index (χ4n) is 1.66. The lowest BCUT2D eigenvalue weighted by atomic mass is 10.2. The van der Waals surface area contributed by atoms with Gasteiger partial charge in [0.1, 0.15) is 6.61 Å². The van der Waals surface area contributed by atoms with Gasteiger partial charge < -0.3 is 14.8 Å². The third-order valence-corrected chi connectivity index (χ3v) is 2.63. The number of hydrogen-bond donors (Lipinski definition) is 1. The third kappa shape index (κ3) is 5.54. The van der Waals surface area contributed by atoms with E-state index < -0.39 is 4.92 Å². The van der Waals surface area contributed by atoms with E-state index in [1.54, 1.807) is 12.1 Å². The molecular weight excluding hydrogens is 260 g/mol. The Balaban J connectivity index is 2.65. The van der Waals surface area contributed by atoms with E-state index in [4.69, 9.17) is 9.47 Å². The van der Waals surface area contributed by atoms with E-state index in [9.17, 15) is 10.1 Å². The van der Waals surface area contributed by atoms with Gasteiger partial charge in [0.15, 0.2) is 5.75 Å². The number of hydrogen-bond acceptors (Lipinski definition) is 5. The Morgan fingerprint density at radius 1 is 1.25 bits per heavy atom. The Morgan fingerprint density at radius 2 is 2.05 bits per heavy atom. The van der Waals surface area contributed by atoms with Crippen LogP contribution >= 0.6 is 0 Å². The lowest BCUT2D eigenvalue weighted by molar-refractivity contribution is -0.385. The molecule has 0 heterocycles. The predicted molar refractivity (Wildman–Crippen MR) is 77.1 cm³/mol. The van der Waals surface area contributed by atoms with Crippen LogP contribution in [0.2, 0.25) is 0 Å². The molecule has 6 heteroatoms. The van der Waals surface area contributed by atoms with E-state index in [1.807, 2.05) is 13.8 Å². The van der Waals surface area contributed by atoms with Crippen LogP contribution in [-0.2, 0) is 11.3 Å². The molecule has 0 aliphatic carbocycles. The zero-order valence-electron chi connectivity index (χ0n) is 12.1. The SMILES string of the molecule is CCCOCCOc1cc(CNCC)ccc1[N+](=O)[O-]. The molecule has 112 valence electrons. The van der Waals surface area contributed by atoms with Gasteiger partial charge in [-0.05, 0) is 24.6 Å². The van der Waals surface area contributed by atoms with Crippen LogP contribution in [0.15, 0.2) is 18.2 Å². The second-order valence-electron chi connectivity index (χ2n) is 4.30. The lowest BCUT2D eigenvalue weighted by Gasteiger charge is -2.09. The molecule has 0 saturated heterocycles. The average molecular weight is 282 g/mol. The molecule has 0 radical (unpaired) electrons. The zero-order chi connectivity index (χ0) is 14.8. The molecule has 0 spiro atoms. The van der Waals surface area contributed by atoms with Gasteiger partial charge in [-0.15, -0.1) is 0 Å². The summed E-state index contributed by atoms with van der Waals surface area (Å²) in [7, 11) is 0. The van der Waals surface area contributed by atoms with Gasteiger partial charge in [0.05, 0.1) is 11.5 Å². The zero-order valence-corrected chi connectivity index (χ0v) is 12.1. The molecule has 0 fully saturated rings. The number of nitro groups is 1. The molecule has 0 atom stereocenters. The van der Waals surface area contributed by atoms with E-state index in [1.165, 1.54) is 6.07 Å². The Bertz CT molecular complexity index is 424. The second-order valence-corrected chi connectivity index (χ2v) is 4.30. The summed E-state index contributed by atoms with van der Waals surface area (Å²) in [4.78, 5) is 10.5. The highest BCUT2D eigenvalue weighted by Gasteiger charge is 2.15. The van der Waals surface area contributed by atoms with Gasteiger partial charge >= 0.3 is 5.69 Å². The van der Waals surface area contributed by atoms with Crippen molar-refractivity contribution in [3.8, 4) is 5.75 Å². The van der Waals surface area contributed by atoms with Crippen molar-refractivity contribution in [2.45, 2.75) is 26.8 Å². The highest BCUT2D eigenvalue weighted by molar-refractivity contribution is 5.48. The van der Waals surface area contributed by atoms with Crippen LogP contribution in [0.1, 0.15) is 25.8 Å². The second kappa shape index (κ2) is 9.28. The van der Waals surface area contributed by atoms with Gasteiger partial charge in [-0.1, -0.05) is 19.9 Å². The molecule has 1 aromatic rings. The summed E-state index contributed by atoms with van der Waals surface area (Å²) in [5.74, 6) is 0.297. The molecule has 0 aromatic heterocycles. The van der Waals surface area contributed by atoms with Gasteiger partial charge in [-0.25, -0.2) is 0 Å². The standard InChI is InChI=1S/C14H22N2O4/c1-3-7-19-8-9-20-14-10-12(11-15-4-2)5-6-13(14)16(17)18/h5-6,10,15H,3-4,7-9,11H2,1-2H3. The van der Waals surface area contributed by atoms with Crippen molar-refractivity contribution in [1.82, 2.24) is 5.32 Å². The third-order valence-electron chi connectivity index (χ3n) is 2.63. The molecule has 1 N–H and O–H groups in total. The number of nitro benzene ring substituents is 1. The van der Waals surface area contributed by atoms with Crippen LogP contribution in [0.3, 0.4) is 0 Å². The van der Waals surface area contributed by atoms with E-state index in [-0.39, 0.29) is 5.69 Å². The van der Waals surface area contributed by atoms with Crippen LogP contribution in [0, 0.1) is 10.1 Å². The number of benzene rings is 1. The van der Waals surface area contributed by atoms with E-state index >= 15 is 0 Å². The van der Waals surface area contributed by atoms with Gasteiger partial charge in [-0.2, -0.15) is 0 Å². The van der Waals surface area contributed by atoms with Crippen LogP contribution in [-0.4, -0.2) is 31.3 Å². The van der Waals surface area contributed by atoms with Crippen molar-refractivity contribution in [2.75, 3.05) is 26.4 Å². The molecule has 0 saturated carbocycles. The minimum Gasteiger partial charge on any atom is -0.484 e. The highest BCUT2D eigenvalue weighted by atomic mass is 16.6. The Hall–Kier alpha value is -1.66. The summed E-state index contributed by atoms with van der Waals surface area (Å²) in [6.45, 7) is 6.96. The number of rotatable bonds is 10. The Kier molecular flexibility index (Phi) is 7.60. The first-order valence-electron chi connectivity index (χ1n) is 6.87. The molecule has 0 aliphatic rings. The van der Waals surface area contributed by atoms with Gasteiger partial charge in [0.2, 0.25) is 0 Å². The maximum absolute atomic E-state index is 11.0. The minimum atomic E-state index is -0.431. The molecule has 1 rings (SSSR count). The van der Waals surface area contributed by atoms with Gasteiger partial charge in [0.25, 0.3) is 0 Å². The monoisotopic (exact) mass is 282 g/mol. The maximum Gasteiger partial charge on any atom is 0.310 e. The van der Waals surface area contributed by atoms with E-state index in [0.717, 1.165) is 18.5 Å². The van der Waals surface area contributed by atoms with Crippen molar-refractivity contribution in [1.29, 1.82) is 0 Å². The van der Waals surface area contributed by atoms with Crippen LogP contribution in [0.25, 0.3) is 0 Å². The molecule has 1 aromatic carbocycles. The van der Waals surface area contributed by atoms with Gasteiger partial charge in [0, 0.05) is 19.2 Å². The summed E-state index contributed by atoms with van der Waals surface area (Å²) in [6.07, 6.45) is 0.943. The van der Waals surface area contributed by atoms with Crippen molar-refractivity contribution < 1.29 is 14.4 Å².